The van der Waals surface area contributed by atoms with Crippen LogP contribution in [0.15, 0.2) is 122 Å². The zero-order chi connectivity index (χ0) is 57.6. The molecule has 80 heavy (non-hydrogen) atoms. The summed E-state index contributed by atoms with van der Waals surface area (Å²) in [6, 6.07) is -0.652. The highest BCUT2D eigenvalue weighted by atomic mass is 16.3. The molecule has 3 N–H and O–H groups in total. The molecule has 0 heterocycles. The molecule has 0 radical (unpaired) electrons. The summed E-state index contributed by atoms with van der Waals surface area (Å²) in [7, 11) is 0. The molecular formula is C76H133NO3. The largest absolute Gasteiger partial charge is 0.394 e. The Labute approximate surface area is 499 Å². The quantitative estimate of drug-likeness (QED) is 0.0420. The van der Waals surface area contributed by atoms with Crippen LogP contribution in [-0.4, -0.2) is 34.9 Å². The summed E-state index contributed by atoms with van der Waals surface area (Å²) in [6.45, 7) is 4.20. The first kappa shape index (κ1) is 76.8. The van der Waals surface area contributed by atoms with Crippen molar-refractivity contribution in [1.29, 1.82) is 0 Å². The number of rotatable bonds is 63. The zero-order valence-electron chi connectivity index (χ0n) is 53.1. The van der Waals surface area contributed by atoms with Crippen LogP contribution in [0, 0.1) is 0 Å². The minimum atomic E-state index is -0.877. The van der Waals surface area contributed by atoms with Crippen molar-refractivity contribution in [3.05, 3.63) is 122 Å². The van der Waals surface area contributed by atoms with Crippen molar-refractivity contribution in [3.63, 3.8) is 0 Å². The van der Waals surface area contributed by atoms with Gasteiger partial charge in [0.2, 0.25) is 5.91 Å². The topological polar surface area (TPSA) is 69.6 Å². The minimum Gasteiger partial charge on any atom is -0.394 e. The Morgan fingerprint density at radius 1 is 0.312 bits per heavy atom. The standard InChI is InChI=1S/C76H133NO3/c1-3-5-7-9-11-13-15-17-19-21-23-25-27-29-31-32-33-34-35-36-37-38-39-40-41-42-43-44-46-48-50-52-54-56-58-60-62-64-66-68-70-72-76(80)77-74(73-78)75(79)71-69-67-65-63-61-59-57-55-53-51-49-47-45-30-28-26-24-22-20-18-16-14-12-10-8-6-4-2/h5,7,11,13,17,19,23,25,29,31,33-34,36-37,53,55,61,63,69,71,74-75,78-79H,3-4,6,8-10,12,14-16,18,20-22,24,26-28,30,32,35,38-52,54,56-60,62,64-68,70,72-73H2,1-2H3,(H,77,80)/b7-5-,13-11-,19-17-,25-23-,31-29-,34-33-,37-36-,55-53+,63-61+,71-69+. The third kappa shape index (κ3) is 65.6. The SMILES string of the molecule is CC/C=C\C/C=C\C/C=C\C/C=C\C/C=C\C/C=C\C/C=C\CCCCCCCCCCCCCCCCCCCCCC(=O)NC(CO)C(O)/C=C/CC/C=C/CC/C=C/CCCCCCCCCCCCCCCCCCC. The van der Waals surface area contributed by atoms with E-state index < -0.39 is 12.1 Å². The Balaban J connectivity index is 3.52. The fourth-order valence-corrected chi connectivity index (χ4v) is 10.2. The maximum absolute atomic E-state index is 12.5. The maximum Gasteiger partial charge on any atom is 0.220 e. The molecule has 0 fully saturated rings. The van der Waals surface area contributed by atoms with Gasteiger partial charge in [0.25, 0.3) is 0 Å². The van der Waals surface area contributed by atoms with Gasteiger partial charge in [-0.05, 0) is 103 Å². The fourth-order valence-electron chi connectivity index (χ4n) is 10.2. The Kier molecular flexibility index (Phi) is 67.2. The van der Waals surface area contributed by atoms with Crippen molar-refractivity contribution in [2.24, 2.45) is 0 Å². The van der Waals surface area contributed by atoms with Crippen LogP contribution in [0.25, 0.3) is 0 Å². The summed E-state index contributed by atoms with van der Waals surface area (Å²) in [5, 5.41) is 23.2. The molecule has 460 valence electrons. The average Bonchev–Trinajstić information content (AvgIpc) is 3.46. The van der Waals surface area contributed by atoms with E-state index in [0.29, 0.717) is 6.42 Å². The zero-order valence-corrected chi connectivity index (χ0v) is 53.1. The second kappa shape index (κ2) is 70.1. The molecule has 4 nitrogen and oxygen atoms in total. The number of allylic oxidation sites excluding steroid dienone is 19. The van der Waals surface area contributed by atoms with E-state index in [0.717, 1.165) is 83.5 Å². The van der Waals surface area contributed by atoms with Gasteiger partial charge in [0.15, 0.2) is 0 Å². The number of unbranched alkanes of at least 4 members (excludes halogenated alkanes) is 38. The fraction of sp³-hybridized carbons (Fsp3) is 0.724. The first-order valence-corrected chi connectivity index (χ1v) is 34.7. The third-order valence-corrected chi connectivity index (χ3v) is 15.4. The number of nitrogens with one attached hydrogen (secondary N) is 1. The van der Waals surface area contributed by atoms with Gasteiger partial charge in [-0.15, -0.1) is 0 Å². The van der Waals surface area contributed by atoms with Gasteiger partial charge in [-0.2, -0.15) is 0 Å². The number of hydrogen-bond donors (Lipinski definition) is 3. The maximum atomic E-state index is 12.5. The van der Waals surface area contributed by atoms with Crippen LogP contribution in [0.5, 0.6) is 0 Å². The van der Waals surface area contributed by atoms with Crippen molar-refractivity contribution in [3.8, 4) is 0 Å². The van der Waals surface area contributed by atoms with Gasteiger partial charge >= 0.3 is 0 Å². The van der Waals surface area contributed by atoms with E-state index in [1.807, 2.05) is 6.08 Å². The molecule has 0 rings (SSSR count). The average molecular weight is 1110 g/mol. The van der Waals surface area contributed by atoms with Crippen LogP contribution in [0.1, 0.15) is 335 Å². The van der Waals surface area contributed by atoms with E-state index in [4.69, 9.17) is 0 Å². The van der Waals surface area contributed by atoms with E-state index in [1.165, 1.54) is 231 Å². The van der Waals surface area contributed by atoms with Crippen molar-refractivity contribution in [1.82, 2.24) is 5.32 Å². The summed E-state index contributed by atoms with van der Waals surface area (Å²) in [5.41, 5.74) is 0. The van der Waals surface area contributed by atoms with Crippen molar-refractivity contribution in [2.45, 2.75) is 347 Å². The lowest BCUT2D eigenvalue weighted by atomic mass is 10.0. The molecular weight excluding hydrogens is 975 g/mol. The van der Waals surface area contributed by atoms with Gasteiger partial charge in [0.1, 0.15) is 0 Å². The van der Waals surface area contributed by atoms with Crippen LogP contribution in [0.2, 0.25) is 0 Å². The number of carbonyl (C=O) groups is 1. The molecule has 4 heteroatoms. The molecule has 1 amide bonds. The third-order valence-electron chi connectivity index (χ3n) is 15.4. The summed E-state index contributed by atoms with van der Waals surface area (Å²) >= 11 is 0. The lowest BCUT2D eigenvalue weighted by Gasteiger charge is -2.19. The van der Waals surface area contributed by atoms with Crippen LogP contribution in [0.4, 0.5) is 0 Å². The first-order valence-electron chi connectivity index (χ1n) is 34.7. The number of carbonyl (C=O) groups excluding carboxylic acids is 1. The molecule has 0 bridgehead atoms. The molecule has 2 unspecified atom stereocenters. The molecule has 0 aliphatic rings. The number of hydrogen-bond acceptors (Lipinski definition) is 3. The molecule has 0 aliphatic carbocycles. The van der Waals surface area contributed by atoms with Gasteiger partial charge in [0.05, 0.1) is 18.8 Å². The summed E-state index contributed by atoms with van der Waals surface area (Å²) in [5.74, 6) is -0.0764. The smallest absolute Gasteiger partial charge is 0.220 e. The van der Waals surface area contributed by atoms with Crippen LogP contribution in [-0.2, 0) is 4.79 Å². The van der Waals surface area contributed by atoms with E-state index in [9.17, 15) is 15.0 Å². The number of aliphatic hydroxyl groups is 2. The molecule has 0 aliphatic heterocycles. The Morgan fingerprint density at radius 3 is 0.875 bits per heavy atom. The lowest BCUT2D eigenvalue weighted by molar-refractivity contribution is -0.123. The molecule has 0 saturated carbocycles. The van der Waals surface area contributed by atoms with Gasteiger partial charge in [-0.25, -0.2) is 0 Å². The van der Waals surface area contributed by atoms with Crippen LogP contribution in [0.3, 0.4) is 0 Å². The van der Waals surface area contributed by atoms with Crippen molar-refractivity contribution < 1.29 is 15.0 Å². The van der Waals surface area contributed by atoms with E-state index >= 15 is 0 Å². The van der Waals surface area contributed by atoms with Gasteiger partial charge in [-0.3, -0.25) is 4.79 Å². The minimum absolute atomic E-state index is 0.0764. The second-order valence-electron chi connectivity index (χ2n) is 23.2. The highest BCUT2D eigenvalue weighted by Crippen LogP contribution is 2.17. The highest BCUT2D eigenvalue weighted by molar-refractivity contribution is 5.76. The Morgan fingerprint density at radius 2 is 0.562 bits per heavy atom. The first-order chi connectivity index (χ1) is 39.7. The lowest BCUT2D eigenvalue weighted by Crippen LogP contribution is -2.45. The van der Waals surface area contributed by atoms with Crippen LogP contribution >= 0.6 is 0 Å². The molecule has 0 spiro atoms. The molecule has 0 aromatic carbocycles. The van der Waals surface area contributed by atoms with Gasteiger partial charge in [0, 0.05) is 6.42 Å². The predicted molar refractivity (Wildman–Crippen MR) is 359 cm³/mol. The summed E-state index contributed by atoms with van der Waals surface area (Å²) < 4.78 is 0. The molecule has 2 atom stereocenters. The van der Waals surface area contributed by atoms with E-state index in [1.54, 1.807) is 6.08 Å². The molecule has 0 aromatic heterocycles. The van der Waals surface area contributed by atoms with Crippen molar-refractivity contribution in [2.75, 3.05) is 6.61 Å². The Hall–Kier alpha value is -3.21. The normalized spacial score (nSPS) is 13.5. The molecule has 0 aromatic rings. The number of amides is 1. The molecule has 0 saturated heterocycles. The van der Waals surface area contributed by atoms with E-state index in [-0.39, 0.29) is 12.5 Å². The second-order valence-corrected chi connectivity index (χ2v) is 23.2. The highest BCUT2D eigenvalue weighted by Gasteiger charge is 2.18. The van der Waals surface area contributed by atoms with Gasteiger partial charge < -0.3 is 15.5 Å². The monoisotopic (exact) mass is 1110 g/mol. The predicted octanol–water partition coefficient (Wildman–Crippen LogP) is 23.9. The summed E-state index contributed by atoms with van der Waals surface area (Å²) in [6.07, 6.45) is 107. The Bertz CT molecular complexity index is 1540. The number of aliphatic hydroxyl groups excluding tert-OH is 2. The summed E-state index contributed by atoms with van der Waals surface area (Å²) in [4.78, 5) is 12.5. The van der Waals surface area contributed by atoms with Crippen LogP contribution < -0.4 is 5.32 Å². The van der Waals surface area contributed by atoms with Crippen molar-refractivity contribution >= 4 is 5.91 Å². The van der Waals surface area contributed by atoms with E-state index in [2.05, 4.69) is 129 Å². The van der Waals surface area contributed by atoms with Gasteiger partial charge in [-0.1, -0.05) is 347 Å².